The second-order valence-electron chi connectivity index (χ2n) is 6.24. The van der Waals surface area contributed by atoms with Gasteiger partial charge in [-0.05, 0) is 38.1 Å². The molecule has 0 radical (unpaired) electrons. The van der Waals surface area contributed by atoms with Gasteiger partial charge in [0, 0.05) is 37.2 Å². The van der Waals surface area contributed by atoms with E-state index in [0.29, 0.717) is 25.3 Å². The summed E-state index contributed by atoms with van der Waals surface area (Å²) in [6.07, 6.45) is 2.02. The van der Waals surface area contributed by atoms with E-state index in [9.17, 15) is 9.18 Å². The molecule has 1 amide bonds. The Balaban J connectivity index is 1.51. The zero-order valence-corrected chi connectivity index (χ0v) is 14.0. The Kier molecular flexibility index (Phi) is 4.83. The number of aromatic nitrogens is 2. The number of aromatic amines is 1. The lowest BCUT2D eigenvalue weighted by Crippen LogP contribution is -2.42. The number of carbonyl (C=O) groups excluding carboxylic acids is 1. The largest absolute Gasteiger partial charge is 0.490 e. The van der Waals surface area contributed by atoms with Crippen molar-refractivity contribution in [1.29, 1.82) is 0 Å². The standard InChI is InChI=1S/C18H22FN3O2/c1-12-17(13(2)21-20-12)11-18(23)22-9-7-16(8-10-22)24-15-5-3-14(19)4-6-15/h3-6,16H,7-11H2,1-2H3,(H,20,21). The summed E-state index contributed by atoms with van der Waals surface area (Å²) >= 11 is 0. The first kappa shape index (κ1) is 16.5. The lowest BCUT2D eigenvalue weighted by atomic mass is 10.1. The van der Waals surface area contributed by atoms with Crippen LogP contribution in [0.5, 0.6) is 5.75 Å². The zero-order chi connectivity index (χ0) is 17.1. The minimum atomic E-state index is -0.271. The topological polar surface area (TPSA) is 58.2 Å². The Morgan fingerprint density at radius 2 is 1.96 bits per heavy atom. The molecule has 0 bridgehead atoms. The number of nitrogens with one attached hydrogen (secondary N) is 1. The lowest BCUT2D eigenvalue weighted by molar-refractivity contribution is -0.132. The third kappa shape index (κ3) is 3.75. The SMILES string of the molecule is Cc1n[nH]c(C)c1CC(=O)N1CCC(Oc2ccc(F)cc2)CC1. The molecule has 0 aliphatic carbocycles. The van der Waals surface area contributed by atoms with Gasteiger partial charge in [0.2, 0.25) is 5.91 Å². The van der Waals surface area contributed by atoms with Crippen molar-refractivity contribution in [3.63, 3.8) is 0 Å². The number of H-pyrrole nitrogens is 1. The molecule has 1 fully saturated rings. The lowest BCUT2D eigenvalue weighted by Gasteiger charge is -2.32. The number of likely N-dealkylation sites (tertiary alicyclic amines) is 1. The average molecular weight is 331 g/mol. The van der Waals surface area contributed by atoms with E-state index in [4.69, 9.17) is 4.74 Å². The molecule has 1 N–H and O–H groups in total. The smallest absolute Gasteiger partial charge is 0.227 e. The quantitative estimate of drug-likeness (QED) is 0.937. The van der Waals surface area contributed by atoms with Crippen LogP contribution in [0, 0.1) is 19.7 Å². The number of rotatable bonds is 4. The van der Waals surface area contributed by atoms with Gasteiger partial charge in [-0.2, -0.15) is 5.10 Å². The summed E-state index contributed by atoms with van der Waals surface area (Å²) in [4.78, 5) is 14.4. The number of hydrogen-bond donors (Lipinski definition) is 1. The molecule has 0 unspecified atom stereocenters. The number of ether oxygens (including phenoxy) is 1. The van der Waals surface area contributed by atoms with Crippen molar-refractivity contribution in [1.82, 2.24) is 15.1 Å². The van der Waals surface area contributed by atoms with Crippen molar-refractivity contribution in [2.24, 2.45) is 0 Å². The van der Waals surface area contributed by atoms with Crippen LogP contribution >= 0.6 is 0 Å². The first-order valence-electron chi connectivity index (χ1n) is 8.23. The van der Waals surface area contributed by atoms with Crippen molar-refractivity contribution in [2.45, 2.75) is 39.2 Å². The van der Waals surface area contributed by atoms with Crippen molar-refractivity contribution in [3.8, 4) is 5.75 Å². The van der Waals surface area contributed by atoms with Crippen molar-refractivity contribution >= 4 is 5.91 Å². The second kappa shape index (κ2) is 7.03. The predicted molar refractivity (Wildman–Crippen MR) is 88.4 cm³/mol. The summed E-state index contributed by atoms with van der Waals surface area (Å²) in [7, 11) is 0. The summed E-state index contributed by atoms with van der Waals surface area (Å²) < 4.78 is 18.8. The minimum Gasteiger partial charge on any atom is -0.490 e. The summed E-state index contributed by atoms with van der Waals surface area (Å²) in [5.74, 6) is 0.529. The molecule has 2 aromatic rings. The molecule has 2 heterocycles. The van der Waals surface area contributed by atoms with Crippen LogP contribution < -0.4 is 4.74 Å². The number of hydrogen-bond acceptors (Lipinski definition) is 3. The van der Waals surface area contributed by atoms with Gasteiger partial charge in [0.05, 0.1) is 12.1 Å². The van der Waals surface area contributed by atoms with Crippen LogP contribution in [0.1, 0.15) is 29.8 Å². The van der Waals surface area contributed by atoms with Crippen LogP contribution in [0.2, 0.25) is 0 Å². The predicted octanol–water partition coefficient (Wildman–Crippen LogP) is 2.78. The maximum Gasteiger partial charge on any atom is 0.227 e. The Labute approximate surface area is 140 Å². The Morgan fingerprint density at radius 3 is 2.54 bits per heavy atom. The van der Waals surface area contributed by atoms with Crippen LogP contribution in [0.25, 0.3) is 0 Å². The molecule has 0 spiro atoms. The van der Waals surface area contributed by atoms with E-state index in [0.717, 1.165) is 29.8 Å². The third-order valence-electron chi connectivity index (χ3n) is 4.52. The van der Waals surface area contributed by atoms with E-state index in [1.165, 1.54) is 12.1 Å². The molecule has 1 aliphatic heterocycles. The molecule has 0 saturated carbocycles. The Bertz CT molecular complexity index is 684. The van der Waals surface area contributed by atoms with Crippen LogP contribution in [0.15, 0.2) is 24.3 Å². The number of amides is 1. The Morgan fingerprint density at radius 1 is 1.29 bits per heavy atom. The molecule has 0 atom stereocenters. The molecule has 1 aromatic carbocycles. The van der Waals surface area contributed by atoms with Gasteiger partial charge in [-0.1, -0.05) is 0 Å². The van der Waals surface area contributed by atoms with Crippen molar-refractivity contribution in [2.75, 3.05) is 13.1 Å². The normalized spacial score (nSPS) is 15.5. The highest BCUT2D eigenvalue weighted by Gasteiger charge is 2.25. The van der Waals surface area contributed by atoms with Gasteiger partial charge in [0.25, 0.3) is 0 Å². The van der Waals surface area contributed by atoms with E-state index < -0.39 is 0 Å². The number of benzene rings is 1. The van der Waals surface area contributed by atoms with Gasteiger partial charge in [-0.25, -0.2) is 4.39 Å². The van der Waals surface area contributed by atoms with Gasteiger partial charge in [0.1, 0.15) is 17.7 Å². The van der Waals surface area contributed by atoms with Crippen molar-refractivity contribution in [3.05, 3.63) is 47.0 Å². The summed E-state index contributed by atoms with van der Waals surface area (Å²) in [5.41, 5.74) is 2.83. The molecule has 1 aromatic heterocycles. The molecule has 128 valence electrons. The average Bonchev–Trinajstić information content (AvgIpc) is 2.89. The number of carbonyl (C=O) groups is 1. The highest BCUT2D eigenvalue weighted by molar-refractivity contribution is 5.79. The zero-order valence-electron chi connectivity index (χ0n) is 14.0. The first-order valence-corrected chi connectivity index (χ1v) is 8.23. The highest BCUT2D eigenvalue weighted by Crippen LogP contribution is 2.20. The van der Waals surface area contributed by atoms with E-state index in [2.05, 4.69) is 10.2 Å². The number of aryl methyl sites for hydroxylation is 2. The monoisotopic (exact) mass is 331 g/mol. The third-order valence-corrected chi connectivity index (χ3v) is 4.52. The van der Waals surface area contributed by atoms with Crippen LogP contribution in [0.3, 0.4) is 0 Å². The number of halogens is 1. The number of nitrogens with zero attached hydrogens (tertiary/aromatic N) is 2. The van der Waals surface area contributed by atoms with E-state index in [1.807, 2.05) is 18.7 Å². The van der Waals surface area contributed by atoms with E-state index in [1.54, 1.807) is 12.1 Å². The summed E-state index contributed by atoms with van der Waals surface area (Å²) in [6.45, 7) is 5.21. The molecule has 24 heavy (non-hydrogen) atoms. The van der Waals surface area contributed by atoms with E-state index in [-0.39, 0.29) is 17.8 Å². The Hall–Kier alpha value is -2.37. The van der Waals surface area contributed by atoms with Crippen LogP contribution in [-0.2, 0) is 11.2 Å². The fourth-order valence-corrected chi connectivity index (χ4v) is 3.03. The maximum atomic E-state index is 12.9. The van der Waals surface area contributed by atoms with Crippen LogP contribution in [0.4, 0.5) is 4.39 Å². The van der Waals surface area contributed by atoms with E-state index >= 15 is 0 Å². The maximum absolute atomic E-state index is 12.9. The molecular weight excluding hydrogens is 309 g/mol. The molecule has 3 rings (SSSR count). The highest BCUT2D eigenvalue weighted by atomic mass is 19.1. The van der Waals surface area contributed by atoms with Gasteiger partial charge in [-0.15, -0.1) is 0 Å². The summed E-state index contributed by atoms with van der Waals surface area (Å²) in [6, 6.07) is 6.06. The molecule has 1 aliphatic rings. The minimum absolute atomic E-state index is 0.0666. The van der Waals surface area contributed by atoms with Gasteiger partial charge in [0.15, 0.2) is 0 Å². The first-order chi connectivity index (χ1) is 11.5. The number of piperidine rings is 1. The fraction of sp³-hybridized carbons (Fsp3) is 0.444. The molecule has 5 nitrogen and oxygen atoms in total. The molecular formula is C18H22FN3O2. The summed E-state index contributed by atoms with van der Waals surface area (Å²) in [5, 5.41) is 7.05. The fourth-order valence-electron chi connectivity index (χ4n) is 3.03. The van der Waals surface area contributed by atoms with Crippen LogP contribution in [-0.4, -0.2) is 40.2 Å². The molecule has 6 heteroatoms. The van der Waals surface area contributed by atoms with Crippen molar-refractivity contribution < 1.29 is 13.9 Å². The second-order valence-corrected chi connectivity index (χ2v) is 6.24. The van der Waals surface area contributed by atoms with Gasteiger partial charge >= 0.3 is 0 Å². The molecule has 1 saturated heterocycles. The van der Waals surface area contributed by atoms with Gasteiger partial charge in [-0.3, -0.25) is 9.89 Å². The van der Waals surface area contributed by atoms with Gasteiger partial charge < -0.3 is 9.64 Å².